The number of amides is 1. The second-order valence-electron chi connectivity index (χ2n) is 6.10. The number of rotatable bonds is 5. The lowest BCUT2D eigenvalue weighted by Crippen LogP contribution is -2.24. The lowest BCUT2D eigenvalue weighted by atomic mass is 10.0. The van der Waals surface area contributed by atoms with Gasteiger partial charge in [0.05, 0.1) is 24.9 Å². The van der Waals surface area contributed by atoms with Gasteiger partial charge in [0.2, 0.25) is 0 Å². The number of ether oxygens (including phenoxy) is 2. The second-order valence-corrected chi connectivity index (χ2v) is 6.10. The van der Waals surface area contributed by atoms with E-state index in [2.05, 4.69) is 0 Å². The molecule has 0 unspecified atom stereocenters. The molecule has 0 bridgehead atoms. The summed E-state index contributed by atoms with van der Waals surface area (Å²) in [4.78, 5) is 27.1. The number of nitrogens with zero attached hydrogens (tertiary/aromatic N) is 1. The summed E-state index contributed by atoms with van der Waals surface area (Å²) in [7, 11) is 1.55. The van der Waals surface area contributed by atoms with Crippen LogP contribution in [0.4, 0.5) is 10.1 Å². The summed E-state index contributed by atoms with van der Waals surface area (Å²) in [5, 5.41) is 0. The van der Waals surface area contributed by atoms with Crippen LogP contribution in [0.25, 0.3) is 6.08 Å². The van der Waals surface area contributed by atoms with Crippen molar-refractivity contribution in [1.82, 2.24) is 0 Å². The Morgan fingerprint density at radius 1 is 1.14 bits per heavy atom. The first kappa shape index (κ1) is 19.4. The highest BCUT2D eigenvalue weighted by Gasteiger charge is 2.38. The maximum absolute atomic E-state index is 14.1. The Labute approximate surface area is 162 Å². The zero-order valence-electron chi connectivity index (χ0n) is 15.9. The number of carbonyl (C=O) groups is 2. The van der Waals surface area contributed by atoms with Crippen molar-refractivity contribution >= 4 is 23.6 Å². The average molecular weight is 381 g/mol. The Balaban J connectivity index is 2.12. The molecule has 6 heteroatoms. The van der Waals surface area contributed by atoms with Crippen LogP contribution >= 0.6 is 0 Å². The summed E-state index contributed by atoms with van der Waals surface area (Å²) >= 11 is 0. The van der Waals surface area contributed by atoms with Gasteiger partial charge in [-0.05, 0) is 50.3 Å². The van der Waals surface area contributed by atoms with Gasteiger partial charge in [-0.15, -0.1) is 0 Å². The van der Waals surface area contributed by atoms with E-state index in [0.29, 0.717) is 17.1 Å². The van der Waals surface area contributed by atoms with Crippen LogP contribution in [-0.2, 0) is 14.3 Å². The first-order valence-electron chi connectivity index (χ1n) is 8.81. The smallest absolute Gasteiger partial charge is 0.340 e. The maximum atomic E-state index is 14.1. The largest absolute Gasteiger partial charge is 0.497 e. The standard InChI is InChI=1S/C22H20FNO4/c1-4-28-22(26)20-14(2)24(16-9-11-17(27-3)12-10-16)21(25)18(20)13-15-7-5-6-8-19(15)23/h5-13H,4H2,1-3H3/b18-13-. The number of methoxy groups -OCH3 is 1. The Morgan fingerprint density at radius 2 is 1.82 bits per heavy atom. The molecule has 0 aromatic heterocycles. The van der Waals surface area contributed by atoms with Crippen LogP contribution in [0.5, 0.6) is 5.75 Å². The van der Waals surface area contributed by atoms with Crippen molar-refractivity contribution in [2.45, 2.75) is 13.8 Å². The lowest BCUT2D eigenvalue weighted by Gasteiger charge is -2.18. The molecule has 2 aromatic carbocycles. The molecule has 0 spiro atoms. The summed E-state index contributed by atoms with van der Waals surface area (Å²) < 4.78 is 24.4. The number of hydrogen-bond donors (Lipinski definition) is 0. The summed E-state index contributed by atoms with van der Waals surface area (Å²) in [6, 6.07) is 12.9. The number of esters is 1. The van der Waals surface area contributed by atoms with Gasteiger partial charge in [-0.25, -0.2) is 9.18 Å². The van der Waals surface area contributed by atoms with Crippen molar-refractivity contribution in [3.05, 3.63) is 76.8 Å². The van der Waals surface area contributed by atoms with Crippen LogP contribution in [0, 0.1) is 5.82 Å². The molecular formula is C22H20FNO4. The van der Waals surface area contributed by atoms with Gasteiger partial charge < -0.3 is 9.47 Å². The first-order chi connectivity index (χ1) is 13.5. The predicted octanol–water partition coefficient (Wildman–Crippen LogP) is 4.10. The van der Waals surface area contributed by atoms with E-state index in [9.17, 15) is 14.0 Å². The summed E-state index contributed by atoms with van der Waals surface area (Å²) in [5.41, 5.74) is 1.44. The van der Waals surface area contributed by atoms with Crippen LogP contribution < -0.4 is 9.64 Å². The number of halogens is 1. The fourth-order valence-corrected chi connectivity index (χ4v) is 3.07. The molecule has 1 aliphatic heterocycles. The van der Waals surface area contributed by atoms with Gasteiger partial charge in [-0.2, -0.15) is 0 Å². The van der Waals surface area contributed by atoms with E-state index in [1.54, 1.807) is 63.4 Å². The van der Waals surface area contributed by atoms with Gasteiger partial charge in [0, 0.05) is 16.9 Å². The monoisotopic (exact) mass is 381 g/mol. The zero-order valence-corrected chi connectivity index (χ0v) is 15.9. The molecule has 0 radical (unpaired) electrons. The van der Waals surface area contributed by atoms with Gasteiger partial charge in [-0.3, -0.25) is 9.69 Å². The molecule has 28 heavy (non-hydrogen) atoms. The molecule has 0 aliphatic carbocycles. The topological polar surface area (TPSA) is 55.8 Å². The molecule has 1 aliphatic rings. The van der Waals surface area contributed by atoms with Crippen molar-refractivity contribution in [3.63, 3.8) is 0 Å². The highest BCUT2D eigenvalue weighted by molar-refractivity contribution is 6.23. The lowest BCUT2D eigenvalue weighted by molar-refractivity contribution is -0.138. The quantitative estimate of drug-likeness (QED) is 0.578. The van der Waals surface area contributed by atoms with Crippen LogP contribution in [0.1, 0.15) is 19.4 Å². The number of hydrogen-bond acceptors (Lipinski definition) is 4. The fourth-order valence-electron chi connectivity index (χ4n) is 3.07. The van der Waals surface area contributed by atoms with Crippen LogP contribution in [0.3, 0.4) is 0 Å². The number of anilines is 1. The first-order valence-corrected chi connectivity index (χ1v) is 8.81. The third-order valence-electron chi connectivity index (χ3n) is 4.42. The Morgan fingerprint density at radius 3 is 2.43 bits per heavy atom. The van der Waals surface area contributed by atoms with E-state index >= 15 is 0 Å². The number of allylic oxidation sites excluding steroid dienone is 1. The van der Waals surface area contributed by atoms with Crippen molar-refractivity contribution in [1.29, 1.82) is 0 Å². The molecule has 0 saturated heterocycles. The SMILES string of the molecule is CCOC(=O)C1=C(C)N(c2ccc(OC)cc2)C(=O)/C1=C\c1ccccc1F. The number of carbonyl (C=O) groups excluding carboxylic acids is 2. The normalized spacial score (nSPS) is 15.4. The minimum atomic E-state index is -0.619. The van der Waals surface area contributed by atoms with Crippen LogP contribution in [-0.4, -0.2) is 25.6 Å². The fraction of sp³-hybridized carbons (Fsp3) is 0.182. The molecule has 1 heterocycles. The van der Waals surface area contributed by atoms with Crippen molar-refractivity contribution < 1.29 is 23.5 Å². The zero-order chi connectivity index (χ0) is 20.3. The minimum absolute atomic E-state index is 0.0943. The third kappa shape index (κ3) is 3.53. The Bertz CT molecular complexity index is 976. The van der Waals surface area contributed by atoms with Crippen molar-refractivity contribution in [2.24, 2.45) is 0 Å². The van der Waals surface area contributed by atoms with Crippen molar-refractivity contribution in [3.8, 4) is 5.75 Å². The Hall–Kier alpha value is -3.41. The van der Waals surface area contributed by atoms with Gasteiger partial charge in [0.1, 0.15) is 11.6 Å². The highest BCUT2D eigenvalue weighted by Crippen LogP contribution is 2.36. The molecular weight excluding hydrogens is 361 g/mol. The molecule has 0 fully saturated rings. The molecule has 0 N–H and O–H groups in total. The molecule has 2 aromatic rings. The predicted molar refractivity (Wildman–Crippen MR) is 104 cm³/mol. The molecule has 144 valence electrons. The highest BCUT2D eigenvalue weighted by atomic mass is 19.1. The van der Waals surface area contributed by atoms with Gasteiger partial charge in [0.15, 0.2) is 0 Å². The van der Waals surface area contributed by atoms with E-state index in [-0.39, 0.29) is 23.3 Å². The maximum Gasteiger partial charge on any atom is 0.340 e. The molecule has 5 nitrogen and oxygen atoms in total. The second kappa shape index (κ2) is 8.08. The molecule has 1 amide bonds. The molecule has 0 saturated carbocycles. The van der Waals surface area contributed by atoms with E-state index in [4.69, 9.17) is 9.47 Å². The van der Waals surface area contributed by atoms with E-state index in [0.717, 1.165) is 0 Å². The van der Waals surface area contributed by atoms with Gasteiger partial charge in [0.25, 0.3) is 5.91 Å². The van der Waals surface area contributed by atoms with Gasteiger partial charge in [-0.1, -0.05) is 18.2 Å². The van der Waals surface area contributed by atoms with Crippen LogP contribution in [0.15, 0.2) is 65.4 Å². The third-order valence-corrected chi connectivity index (χ3v) is 4.42. The van der Waals surface area contributed by atoms with E-state index < -0.39 is 17.7 Å². The van der Waals surface area contributed by atoms with E-state index in [1.165, 1.54) is 17.0 Å². The minimum Gasteiger partial charge on any atom is -0.497 e. The molecule has 3 rings (SSSR count). The van der Waals surface area contributed by atoms with Crippen LogP contribution in [0.2, 0.25) is 0 Å². The average Bonchev–Trinajstić information content (AvgIpc) is 2.94. The summed E-state index contributed by atoms with van der Waals surface area (Å²) in [6.45, 7) is 3.52. The molecule has 0 atom stereocenters. The van der Waals surface area contributed by atoms with Gasteiger partial charge >= 0.3 is 5.97 Å². The summed E-state index contributed by atoms with van der Waals surface area (Å²) in [6.07, 6.45) is 1.39. The van der Waals surface area contributed by atoms with E-state index in [1.807, 2.05) is 0 Å². The summed E-state index contributed by atoms with van der Waals surface area (Å²) in [5.74, 6) is -0.878. The number of benzene rings is 2. The Kier molecular flexibility index (Phi) is 5.59. The van der Waals surface area contributed by atoms with Crippen molar-refractivity contribution in [2.75, 3.05) is 18.6 Å².